The van der Waals surface area contributed by atoms with Gasteiger partial charge >= 0.3 is 0 Å². The minimum Gasteiger partial charge on any atom is -0.507 e. The van der Waals surface area contributed by atoms with Crippen molar-refractivity contribution in [1.29, 1.82) is 5.41 Å². The van der Waals surface area contributed by atoms with Crippen molar-refractivity contribution in [3.05, 3.63) is 118 Å². The lowest BCUT2D eigenvalue weighted by Gasteiger charge is -2.41. The number of allylic oxidation sites excluding steroid dienone is 2. The van der Waals surface area contributed by atoms with Crippen LogP contribution >= 0.6 is 0 Å². The second-order valence-corrected chi connectivity index (χ2v) is 8.94. The fourth-order valence-electron chi connectivity index (χ4n) is 4.90. The lowest BCUT2D eigenvalue weighted by molar-refractivity contribution is -0.116. The first-order valence-corrected chi connectivity index (χ1v) is 12.3. The largest absolute Gasteiger partial charge is 0.507 e. The van der Waals surface area contributed by atoms with Crippen molar-refractivity contribution in [2.45, 2.75) is 39.0 Å². The summed E-state index contributed by atoms with van der Waals surface area (Å²) in [6, 6.07) is 27.0. The Morgan fingerprint density at radius 2 is 1.53 bits per heavy atom. The summed E-state index contributed by atoms with van der Waals surface area (Å²) in [7, 11) is 0. The molecule has 2 aliphatic rings. The normalized spacial score (nSPS) is 18.9. The summed E-state index contributed by atoms with van der Waals surface area (Å²) in [6.07, 6.45) is 1.97. The Morgan fingerprint density at radius 1 is 0.944 bits per heavy atom. The highest BCUT2D eigenvalue weighted by molar-refractivity contribution is 6.19. The molecule has 0 aromatic heterocycles. The van der Waals surface area contributed by atoms with E-state index in [1.54, 1.807) is 6.92 Å². The molecule has 1 aliphatic carbocycles. The van der Waals surface area contributed by atoms with Gasteiger partial charge in [0, 0.05) is 47.0 Å². The van der Waals surface area contributed by atoms with Crippen LogP contribution in [0.15, 0.2) is 102 Å². The maximum atomic E-state index is 13.4. The molecule has 0 saturated heterocycles. The third-order valence-corrected chi connectivity index (χ3v) is 6.48. The predicted molar refractivity (Wildman–Crippen MR) is 145 cm³/mol. The van der Waals surface area contributed by atoms with E-state index < -0.39 is 5.92 Å². The van der Waals surface area contributed by atoms with Crippen LogP contribution in [-0.4, -0.2) is 28.4 Å². The molecular formula is C31H32N2O3. The number of aryl methyl sites for hydroxylation is 1. The summed E-state index contributed by atoms with van der Waals surface area (Å²) in [5.74, 6) is -0.145. The van der Waals surface area contributed by atoms with Crippen LogP contribution in [0.1, 0.15) is 48.8 Å². The zero-order valence-electron chi connectivity index (χ0n) is 20.7. The predicted octanol–water partition coefficient (Wildman–Crippen LogP) is 6.55. The number of anilines is 1. The molecule has 1 heterocycles. The Kier molecular flexibility index (Phi) is 7.81. The molecule has 1 unspecified atom stereocenters. The molecule has 1 atom stereocenters. The van der Waals surface area contributed by atoms with Crippen molar-refractivity contribution < 1.29 is 15.0 Å². The number of amidine groups is 1. The number of rotatable bonds is 3. The quantitative estimate of drug-likeness (QED) is 0.371. The third-order valence-electron chi connectivity index (χ3n) is 6.48. The van der Waals surface area contributed by atoms with E-state index >= 15 is 0 Å². The van der Waals surface area contributed by atoms with Gasteiger partial charge in [-0.3, -0.25) is 15.1 Å². The average Bonchev–Trinajstić information content (AvgIpc) is 2.90. The molecule has 1 aliphatic heterocycles. The number of benzene rings is 3. The fraction of sp³-hybridized carbons (Fsp3) is 0.226. The number of ketones is 1. The molecule has 0 saturated carbocycles. The van der Waals surface area contributed by atoms with Crippen LogP contribution < -0.4 is 4.90 Å². The standard InChI is InChI=1S/C29H26N2O2.C2H6O/c1-19-15-17-20(18-16-19)25-26-23(13-8-14-24(26)32)31(22-11-6-3-7-12-22)29(30)27(25)28(33)21-9-4-2-5-10-21;1-2-3/h2-7,9-12,15-18,25,30,33H,8,13-14H2,1H3;3H,2H2,1H3/b28-27+,30-29?;. The molecule has 0 fully saturated rings. The molecule has 3 aromatic carbocycles. The molecule has 0 amide bonds. The minimum atomic E-state index is -0.485. The SMILES string of the molecule is CCO.Cc1ccc(C2C3=C(CCCC3=O)N(c3ccccc3)C(=N)/C2=C(/O)c2ccccc2)cc1. The summed E-state index contributed by atoms with van der Waals surface area (Å²) in [5, 5.41) is 28.4. The molecule has 5 heteroatoms. The second kappa shape index (κ2) is 11.2. The van der Waals surface area contributed by atoms with Crippen molar-refractivity contribution in [3.8, 4) is 0 Å². The minimum absolute atomic E-state index is 0.0389. The number of carbonyl (C=O) groups excluding carboxylic acids is 1. The highest BCUT2D eigenvalue weighted by atomic mass is 16.3. The van der Waals surface area contributed by atoms with Gasteiger partial charge in [0.25, 0.3) is 0 Å². The van der Waals surface area contributed by atoms with Gasteiger partial charge in [0.2, 0.25) is 0 Å². The lowest BCUT2D eigenvalue weighted by Crippen LogP contribution is -2.42. The van der Waals surface area contributed by atoms with E-state index in [1.165, 1.54) is 0 Å². The summed E-state index contributed by atoms with van der Waals surface area (Å²) >= 11 is 0. The van der Waals surface area contributed by atoms with Gasteiger partial charge in [-0.2, -0.15) is 0 Å². The third kappa shape index (κ3) is 4.88. The molecule has 0 radical (unpaired) electrons. The maximum absolute atomic E-state index is 13.4. The summed E-state index contributed by atoms with van der Waals surface area (Å²) in [4.78, 5) is 15.3. The number of hydrogen-bond donors (Lipinski definition) is 3. The molecule has 5 nitrogen and oxygen atoms in total. The number of Topliss-reactive ketones (excluding diaryl/α,β-unsaturated/α-hetero) is 1. The first-order valence-electron chi connectivity index (χ1n) is 12.3. The molecule has 5 rings (SSSR count). The van der Waals surface area contributed by atoms with Crippen molar-refractivity contribution in [2.75, 3.05) is 11.5 Å². The van der Waals surface area contributed by atoms with E-state index in [9.17, 15) is 15.3 Å². The van der Waals surface area contributed by atoms with E-state index in [4.69, 9.17) is 5.11 Å². The molecule has 3 N–H and O–H groups in total. The Labute approximate surface area is 212 Å². The van der Waals surface area contributed by atoms with Gasteiger partial charge in [-0.05, 0) is 44.4 Å². The van der Waals surface area contributed by atoms with Gasteiger partial charge in [0.15, 0.2) is 5.78 Å². The summed E-state index contributed by atoms with van der Waals surface area (Å²) in [5.41, 5.74) is 5.53. The number of hydrogen-bond acceptors (Lipinski definition) is 4. The smallest absolute Gasteiger partial charge is 0.161 e. The van der Waals surface area contributed by atoms with Crippen LogP contribution in [0.5, 0.6) is 0 Å². The topological polar surface area (TPSA) is 84.6 Å². The van der Waals surface area contributed by atoms with Gasteiger partial charge < -0.3 is 10.2 Å². The van der Waals surface area contributed by atoms with Crippen molar-refractivity contribution >= 4 is 23.1 Å². The van der Waals surface area contributed by atoms with Gasteiger partial charge in [0.05, 0.1) is 0 Å². The average molecular weight is 481 g/mol. The van der Waals surface area contributed by atoms with Crippen molar-refractivity contribution in [3.63, 3.8) is 0 Å². The molecule has 184 valence electrons. The molecular weight excluding hydrogens is 448 g/mol. The Morgan fingerprint density at radius 3 is 2.14 bits per heavy atom. The highest BCUT2D eigenvalue weighted by Gasteiger charge is 2.43. The van der Waals surface area contributed by atoms with E-state index in [-0.39, 0.29) is 24.0 Å². The van der Waals surface area contributed by atoms with E-state index in [0.717, 1.165) is 35.4 Å². The number of aliphatic hydroxyl groups is 2. The van der Waals surface area contributed by atoms with Crippen LogP contribution in [0.2, 0.25) is 0 Å². The van der Waals surface area contributed by atoms with Gasteiger partial charge in [-0.25, -0.2) is 0 Å². The fourth-order valence-corrected chi connectivity index (χ4v) is 4.90. The maximum Gasteiger partial charge on any atom is 0.161 e. The zero-order valence-corrected chi connectivity index (χ0v) is 20.7. The number of nitrogens with one attached hydrogen (secondary N) is 1. The monoisotopic (exact) mass is 480 g/mol. The zero-order chi connectivity index (χ0) is 25.7. The van der Waals surface area contributed by atoms with E-state index in [2.05, 4.69) is 0 Å². The second-order valence-electron chi connectivity index (χ2n) is 8.94. The van der Waals surface area contributed by atoms with Crippen LogP contribution in [-0.2, 0) is 4.79 Å². The van der Waals surface area contributed by atoms with Crippen LogP contribution in [0.25, 0.3) is 5.76 Å². The van der Waals surface area contributed by atoms with Crippen molar-refractivity contribution in [2.24, 2.45) is 0 Å². The van der Waals surface area contributed by atoms with Crippen LogP contribution in [0.3, 0.4) is 0 Å². The molecule has 0 bridgehead atoms. The number of aliphatic hydroxyl groups excluding tert-OH is 2. The lowest BCUT2D eigenvalue weighted by atomic mass is 9.73. The molecule has 0 spiro atoms. The van der Waals surface area contributed by atoms with Gasteiger partial charge in [-0.1, -0.05) is 78.4 Å². The van der Waals surface area contributed by atoms with Crippen LogP contribution in [0, 0.1) is 12.3 Å². The summed E-state index contributed by atoms with van der Waals surface area (Å²) in [6.45, 7) is 3.96. The first kappa shape index (κ1) is 25.1. The Balaban J connectivity index is 0.000000967. The molecule has 36 heavy (non-hydrogen) atoms. The van der Waals surface area contributed by atoms with E-state index in [0.29, 0.717) is 23.1 Å². The number of nitrogens with zero attached hydrogens (tertiary/aromatic N) is 1. The number of carbonyl (C=O) groups is 1. The van der Waals surface area contributed by atoms with Gasteiger partial charge in [0.1, 0.15) is 11.6 Å². The van der Waals surface area contributed by atoms with Crippen molar-refractivity contribution in [1.82, 2.24) is 0 Å². The van der Waals surface area contributed by atoms with Crippen LogP contribution in [0.4, 0.5) is 5.69 Å². The van der Waals surface area contributed by atoms with Gasteiger partial charge in [-0.15, -0.1) is 0 Å². The molecule has 3 aromatic rings. The Bertz CT molecular complexity index is 1290. The summed E-state index contributed by atoms with van der Waals surface area (Å²) < 4.78 is 0. The first-order chi connectivity index (χ1) is 17.5. The highest BCUT2D eigenvalue weighted by Crippen LogP contribution is 2.47. The Hall–Kier alpha value is -3.96. The van der Waals surface area contributed by atoms with E-state index in [1.807, 2.05) is 96.8 Å². The number of para-hydroxylation sites is 1.